The summed E-state index contributed by atoms with van der Waals surface area (Å²) in [5.41, 5.74) is 3.60. The van der Waals surface area contributed by atoms with Crippen molar-refractivity contribution in [1.29, 1.82) is 0 Å². The fourth-order valence-corrected chi connectivity index (χ4v) is 3.92. The summed E-state index contributed by atoms with van der Waals surface area (Å²) in [5.74, 6) is 0. The molecular formula is C30H40Cl2SiZr-2. The maximum absolute atomic E-state index is 2.30. The topological polar surface area (TPSA) is 0 Å². The van der Waals surface area contributed by atoms with Crippen molar-refractivity contribution in [3.8, 4) is 0 Å². The minimum Gasteiger partial charge on any atom is -1.00 e. The molecule has 0 aromatic heterocycles. The monoisotopic (exact) mass is 588 g/mol. The van der Waals surface area contributed by atoms with E-state index in [1.54, 1.807) is 23.3 Å². The van der Waals surface area contributed by atoms with Crippen molar-refractivity contribution in [1.82, 2.24) is 0 Å². The van der Waals surface area contributed by atoms with Gasteiger partial charge in [-0.1, -0.05) is 53.7 Å². The van der Waals surface area contributed by atoms with Crippen LogP contribution in [0.1, 0.15) is 66.5 Å². The molecule has 4 rings (SSSR count). The summed E-state index contributed by atoms with van der Waals surface area (Å²) >= 11 is 1.80. The summed E-state index contributed by atoms with van der Waals surface area (Å²) in [4.78, 5) is 0. The van der Waals surface area contributed by atoms with Gasteiger partial charge < -0.3 is 24.8 Å². The van der Waals surface area contributed by atoms with Crippen molar-refractivity contribution in [2.75, 3.05) is 0 Å². The second kappa shape index (κ2) is 14.8. The van der Waals surface area contributed by atoms with Gasteiger partial charge in [0, 0.05) is 0 Å². The van der Waals surface area contributed by atoms with Crippen LogP contribution in [-0.4, -0.2) is 5.43 Å². The van der Waals surface area contributed by atoms with E-state index in [9.17, 15) is 0 Å². The van der Waals surface area contributed by atoms with Gasteiger partial charge in [-0.3, -0.25) is 0 Å². The largest absolute Gasteiger partial charge is 1.00 e. The molecule has 0 aliphatic carbocycles. The van der Waals surface area contributed by atoms with E-state index in [0.29, 0.717) is 0 Å². The van der Waals surface area contributed by atoms with Crippen LogP contribution in [0.25, 0.3) is 21.5 Å². The van der Waals surface area contributed by atoms with Crippen LogP contribution in [0, 0.1) is 0 Å². The number of halogens is 2. The molecule has 0 saturated heterocycles. The Morgan fingerprint density at radius 3 is 1.21 bits per heavy atom. The zero-order valence-corrected chi connectivity index (χ0v) is 27.1. The first-order valence-electron chi connectivity index (χ1n) is 11.8. The molecule has 0 bridgehead atoms. The van der Waals surface area contributed by atoms with Gasteiger partial charge in [-0.2, -0.15) is 12.1 Å². The van der Waals surface area contributed by atoms with Gasteiger partial charge >= 0.3 is 54.7 Å². The molecule has 34 heavy (non-hydrogen) atoms. The van der Waals surface area contributed by atoms with Crippen molar-refractivity contribution in [3.63, 3.8) is 0 Å². The van der Waals surface area contributed by atoms with Gasteiger partial charge in [-0.25, -0.2) is 0 Å². The Bertz CT molecular complexity index is 984. The fourth-order valence-electron chi connectivity index (χ4n) is 3.42. The molecule has 4 aromatic rings. The molecule has 0 unspecified atom stereocenters. The van der Waals surface area contributed by atoms with E-state index in [1.807, 2.05) is 0 Å². The Kier molecular flexibility index (Phi) is 14.5. The first-order valence-corrected chi connectivity index (χ1v) is 17.4. The van der Waals surface area contributed by atoms with Crippen LogP contribution >= 0.6 is 0 Å². The number of fused-ring (bicyclic) bond motifs is 2. The number of hydrogen-bond acceptors (Lipinski definition) is 0. The Hall–Kier alpha value is -0.660. The van der Waals surface area contributed by atoms with Crippen LogP contribution in [0.2, 0.25) is 12.1 Å². The molecule has 4 heteroatoms. The van der Waals surface area contributed by atoms with Crippen molar-refractivity contribution in [2.45, 2.75) is 78.3 Å². The van der Waals surface area contributed by atoms with E-state index < -0.39 is 0 Å². The zero-order valence-electron chi connectivity index (χ0n) is 22.1. The quantitative estimate of drug-likeness (QED) is 0.248. The van der Waals surface area contributed by atoms with E-state index in [-0.39, 0.29) is 41.1 Å². The molecule has 0 aliphatic rings. The van der Waals surface area contributed by atoms with Crippen LogP contribution in [-0.2, 0) is 34.2 Å². The van der Waals surface area contributed by atoms with Gasteiger partial charge in [-0.05, 0) is 10.8 Å². The molecule has 0 atom stereocenters. The first-order chi connectivity index (χ1) is 15.0. The van der Waals surface area contributed by atoms with E-state index in [1.165, 1.54) is 44.8 Å². The average Bonchev–Trinajstić information content (AvgIpc) is 3.38. The molecule has 0 amide bonds. The SMILES string of the molecule is CC(C)(C)c1cc2ccccc2[cH-]1.CC(C)(C)c1cc2ccccc2[cH-]1.CC[Si](=[Zr+2])CC.[Cl-].[Cl-]. The molecule has 0 spiro atoms. The summed E-state index contributed by atoms with van der Waals surface area (Å²) in [6.45, 7) is 18.1. The second-order valence-electron chi connectivity index (χ2n) is 10.6. The van der Waals surface area contributed by atoms with E-state index in [2.05, 4.69) is 128 Å². The predicted octanol–water partition coefficient (Wildman–Crippen LogP) is 3.28. The third-order valence-electron chi connectivity index (χ3n) is 5.82. The van der Waals surface area contributed by atoms with Gasteiger partial charge in [0.15, 0.2) is 0 Å². The average molecular weight is 591 g/mol. The van der Waals surface area contributed by atoms with Crippen molar-refractivity contribution < 1.29 is 48.1 Å². The van der Waals surface area contributed by atoms with Crippen LogP contribution in [0.5, 0.6) is 0 Å². The maximum atomic E-state index is 2.30. The molecular weight excluding hydrogens is 551 g/mol. The van der Waals surface area contributed by atoms with Crippen molar-refractivity contribution >= 4 is 27.0 Å². The summed E-state index contributed by atoms with van der Waals surface area (Å²) < 4.78 is 0. The third-order valence-corrected chi connectivity index (χ3v) is 12.7. The molecule has 0 radical (unpaired) electrons. The smallest absolute Gasteiger partial charge is 1.00 e. The van der Waals surface area contributed by atoms with E-state index in [4.69, 9.17) is 0 Å². The second-order valence-corrected chi connectivity index (χ2v) is 18.4. The van der Waals surface area contributed by atoms with E-state index in [0.717, 1.165) is 0 Å². The predicted molar refractivity (Wildman–Crippen MR) is 143 cm³/mol. The Balaban J connectivity index is 0.000000499. The Morgan fingerprint density at radius 2 is 0.971 bits per heavy atom. The van der Waals surface area contributed by atoms with Gasteiger partial charge in [0.05, 0.1) is 0 Å². The summed E-state index contributed by atoms with van der Waals surface area (Å²) in [6.07, 6.45) is 0. The molecule has 0 nitrogen and oxygen atoms in total. The van der Waals surface area contributed by atoms with Gasteiger partial charge in [0.25, 0.3) is 0 Å². The molecule has 4 aromatic carbocycles. The maximum Gasteiger partial charge on any atom is -1.00 e. The molecule has 184 valence electrons. The van der Waals surface area contributed by atoms with Crippen LogP contribution in [0.15, 0.2) is 72.8 Å². The fraction of sp³-hybridized carbons (Fsp3) is 0.400. The zero-order chi connectivity index (χ0) is 23.9. The summed E-state index contributed by atoms with van der Waals surface area (Å²) in [7, 11) is 0. The van der Waals surface area contributed by atoms with Crippen LogP contribution < -0.4 is 24.8 Å². The molecule has 0 saturated carbocycles. The number of hydrogen-bond donors (Lipinski definition) is 0. The van der Waals surface area contributed by atoms with Gasteiger partial charge in [0.1, 0.15) is 0 Å². The number of benzene rings is 2. The normalized spacial score (nSPS) is 10.9. The number of rotatable bonds is 2. The van der Waals surface area contributed by atoms with Crippen molar-refractivity contribution in [3.05, 3.63) is 83.9 Å². The Morgan fingerprint density at radius 1 is 0.647 bits per heavy atom. The van der Waals surface area contributed by atoms with E-state index >= 15 is 0 Å². The summed E-state index contributed by atoms with van der Waals surface area (Å²) in [5, 5.41) is 5.42. The summed E-state index contributed by atoms with van der Waals surface area (Å²) in [6, 6.07) is 29.1. The van der Waals surface area contributed by atoms with Crippen molar-refractivity contribution in [2.24, 2.45) is 0 Å². The molecule has 0 fully saturated rings. The van der Waals surface area contributed by atoms with Gasteiger partial charge in [0.2, 0.25) is 0 Å². The van der Waals surface area contributed by atoms with Gasteiger partial charge in [-0.15, -0.1) is 81.2 Å². The molecule has 0 N–H and O–H groups in total. The third kappa shape index (κ3) is 10.1. The Labute approximate surface area is 235 Å². The van der Waals surface area contributed by atoms with Crippen LogP contribution in [0.3, 0.4) is 0 Å². The molecule has 0 aliphatic heterocycles. The first kappa shape index (κ1) is 33.3. The standard InChI is InChI=1S/2C13H15.C4H10Si.2ClH.Zr/c2*1-13(2,3)12-8-10-6-4-5-7-11(10)9-12;1-3-5-4-2;;;/h2*4-9H,1-3H3;3-4H2,1-2H3;2*1H;/q2*-1;;;;+2/p-2. The minimum atomic E-state index is 0. The minimum absolute atomic E-state index is 0. The van der Waals surface area contributed by atoms with Crippen LogP contribution in [0.4, 0.5) is 0 Å². The molecule has 0 heterocycles.